The summed E-state index contributed by atoms with van der Waals surface area (Å²) in [5.41, 5.74) is 1.98. The van der Waals surface area contributed by atoms with Crippen molar-refractivity contribution >= 4 is 5.97 Å². The highest BCUT2D eigenvalue weighted by atomic mass is 16.5. The van der Waals surface area contributed by atoms with Crippen molar-refractivity contribution in [3.8, 4) is 0 Å². The predicted molar refractivity (Wildman–Crippen MR) is 105 cm³/mol. The second-order valence-corrected chi connectivity index (χ2v) is 7.82. The molecule has 1 aromatic carbocycles. The minimum atomic E-state index is -0.250. The van der Waals surface area contributed by atoms with Gasteiger partial charge in [-0.05, 0) is 42.4 Å². The molecule has 2 rings (SSSR count). The molecule has 25 heavy (non-hydrogen) atoms. The third-order valence-corrected chi connectivity index (χ3v) is 5.90. The molecule has 1 aliphatic carbocycles. The first-order valence-corrected chi connectivity index (χ1v) is 10.4. The van der Waals surface area contributed by atoms with E-state index in [9.17, 15) is 4.79 Å². The number of methoxy groups -OCH3 is 1. The van der Waals surface area contributed by atoms with Crippen LogP contribution >= 0.6 is 0 Å². The van der Waals surface area contributed by atoms with Gasteiger partial charge in [-0.3, -0.25) is 0 Å². The Hall–Kier alpha value is -1.31. The zero-order valence-corrected chi connectivity index (χ0v) is 16.3. The SMILES string of the molecule is CCCCCCCC1CCC(CCc2ccc(C(=O)OC)cc2)CC1. The normalized spacial score (nSPS) is 20.4. The number of unbranched alkanes of at least 4 members (excludes halogenated alkanes) is 4. The molecule has 1 aliphatic rings. The van der Waals surface area contributed by atoms with Crippen molar-refractivity contribution in [3.63, 3.8) is 0 Å². The Balaban J connectivity index is 1.61. The standard InChI is InChI=1S/C23H36O2/c1-3-4-5-6-7-8-19-9-11-20(12-10-19)13-14-21-15-17-22(18-16-21)23(24)25-2/h15-20H,3-14H2,1-2H3. The van der Waals surface area contributed by atoms with Gasteiger partial charge in [-0.15, -0.1) is 0 Å². The third kappa shape index (κ3) is 7.22. The van der Waals surface area contributed by atoms with Gasteiger partial charge in [0, 0.05) is 0 Å². The lowest BCUT2D eigenvalue weighted by molar-refractivity contribution is 0.0600. The molecule has 1 fully saturated rings. The van der Waals surface area contributed by atoms with Crippen LogP contribution in [0.4, 0.5) is 0 Å². The Morgan fingerprint density at radius 2 is 1.52 bits per heavy atom. The van der Waals surface area contributed by atoms with Crippen molar-refractivity contribution in [2.45, 2.75) is 84.0 Å². The summed E-state index contributed by atoms with van der Waals surface area (Å²) in [6.45, 7) is 2.29. The first kappa shape index (κ1) is 20.0. The van der Waals surface area contributed by atoms with E-state index in [4.69, 9.17) is 4.74 Å². The monoisotopic (exact) mass is 344 g/mol. The Morgan fingerprint density at radius 3 is 2.12 bits per heavy atom. The highest BCUT2D eigenvalue weighted by Gasteiger charge is 2.20. The molecule has 0 heterocycles. The summed E-state index contributed by atoms with van der Waals surface area (Å²) in [6.07, 6.45) is 16.7. The number of aryl methyl sites for hydroxylation is 1. The summed E-state index contributed by atoms with van der Waals surface area (Å²) < 4.78 is 4.75. The minimum Gasteiger partial charge on any atom is -0.465 e. The van der Waals surface area contributed by atoms with E-state index in [-0.39, 0.29) is 5.97 Å². The molecule has 2 heteroatoms. The summed E-state index contributed by atoms with van der Waals surface area (Å²) in [7, 11) is 1.43. The number of benzene rings is 1. The molecular formula is C23H36O2. The van der Waals surface area contributed by atoms with Crippen molar-refractivity contribution in [2.24, 2.45) is 11.8 Å². The number of ether oxygens (including phenoxy) is 1. The first-order valence-electron chi connectivity index (χ1n) is 10.4. The average molecular weight is 345 g/mol. The molecule has 1 saturated carbocycles. The van der Waals surface area contributed by atoms with Crippen molar-refractivity contribution in [1.29, 1.82) is 0 Å². The molecule has 0 amide bonds. The Morgan fingerprint density at radius 1 is 0.920 bits per heavy atom. The van der Waals surface area contributed by atoms with E-state index in [2.05, 4.69) is 19.1 Å². The van der Waals surface area contributed by atoms with E-state index < -0.39 is 0 Å². The number of hydrogen-bond donors (Lipinski definition) is 0. The van der Waals surface area contributed by atoms with Crippen molar-refractivity contribution < 1.29 is 9.53 Å². The fraction of sp³-hybridized carbons (Fsp3) is 0.696. The van der Waals surface area contributed by atoms with Gasteiger partial charge in [0.2, 0.25) is 0 Å². The Kier molecular flexibility index (Phi) is 9.07. The lowest BCUT2D eigenvalue weighted by Crippen LogP contribution is -2.15. The first-order chi connectivity index (χ1) is 12.2. The highest BCUT2D eigenvalue weighted by molar-refractivity contribution is 5.89. The molecule has 140 valence electrons. The summed E-state index contributed by atoms with van der Waals surface area (Å²) in [4.78, 5) is 11.5. The van der Waals surface area contributed by atoms with Crippen LogP contribution in [0.3, 0.4) is 0 Å². The number of rotatable bonds is 10. The van der Waals surface area contributed by atoms with E-state index in [0.29, 0.717) is 5.56 Å². The maximum atomic E-state index is 11.5. The van der Waals surface area contributed by atoms with Crippen LogP contribution in [0.25, 0.3) is 0 Å². The van der Waals surface area contributed by atoms with Gasteiger partial charge in [-0.25, -0.2) is 4.79 Å². The smallest absolute Gasteiger partial charge is 0.337 e. The molecular weight excluding hydrogens is 308 g/mol. The molecule has 2 nitrogen and oxygen atoms in total. The molecule has 0 aromatic heterocycles. The van der Waals surface area contributed by atoms with E-state index in [0.717, 1.165) is 18.3 Å². The van der Waals surface area contributed by atoms with Crippen molar-refractivity contribution in [3.05, 3.63) is 35.4 Å². The van der Waals surface area contributed by atoms with Gasteiger partial charge >= 0.3 is 5.97 Å². The molecule has 0 N–H and O–H groups in total. The highest BCUT2D eigenvalue weighted by Crippen LogP contribution is 2.34. The van der Waals surface area contributed by atoms with Gasteiger partial charge in [0.15, 0.2) is 0 Å². The van der Waals surface area contributed by atoms with Crippen LogP contribution in [-0.4, -0.2) is 13.1 Å². The third-order valence-electron chi connectivity index (χ3n) is 5.90. The van der Waals surface area contributed by atoms with E-state index in [1.54, 1.807) is 0 Å². The summed E-state index contributed by atoms with van der Waals surface area (Å²) in [5.74, 6) is 1.65. The topological polar surface area (TPSA) is 26.3 Å². The molecule has 0 spiro atoms. The molecule has 1 aromatic rings. The van der Waals surface area contributed by atoms with Crippen LogP contribution in [0.15, 0.2) is 24.3 Å². The van der Waals surface area contributed by atoms with Crippen LogP contribution in [0, 0.1) is 11.8 Å². The second-order valence-electron chi connectivity index (χ2n) is 7.82. The second kappa shape index (κ2) is 11.3. The van der Waals surface area contributed by atoms with Crippen LogP contribution in [-0.2, 0) is 11.2 Å². The quantitative estimate of drug-likeness (QED) is 0.354. The molecule has 0 unspecified atom stereocenters. The van der Waals surface area contributed by atoms with E-state index >= 15 is 0 Å². The zero-order chi connectivity index (χ0) is 17.9. The Labute approximate surface area is 154 Å². The van der Waals surface area contributed by atoms with Crippen LogP contribution in [0.1, 0.15) is 93.5 Å². The van der Waals surface area contributed by atoms with E-state index in [1.165, 1.54) is 83.3 Å². The Bertz CT molecular complexity index is 483. The minimum absolute atomic E-state index is 0.250. The zero-order valence-electron chi connectivity index (χ0n) is 16.3. The lowest BCUT2D eigenvalue weighted by Gasteiger charge is -2.28. The van der Waals surface area contributed by atoms with E-state index in [1.807, 2.05) is 12.1 Å². The summed E-state index contributed by atoms with van der Waals surface area (Å²) >= 11 is 0. The number of hydrogen-bond acceptors (Lipinski definition) is 2. The molecule has 0 atom stereocenters. The van der Waals surface area contributed by atoms with Gasteiger partial charge in [0.1, 0.15) is 0 Å². The maximum Gasteiger partial charge on any atom is 0.337 e. The van der Waals surface area contributed by atoms with Gasteiger partial charge in [0.05, 0.1) is 12.7 Å². The fourth-order valence-corrected chi connectivity index (χ4v) is 4.14. The van der Waals surface area contributed by atoms with Crippen LogP contribution < -0.4 is 0 Å². The van der Waals surface area contributed by atoms with Gasteiger partial charge < -0.3 is 4.74 Å². The van der Waals surface area contributed by atoms with Crippen LogP contribution in [0.2, 0.25) is 0 Å². The largest absolute Gasteiger partial charge is 0.465 e. The maximum absolute atomic E-state index is 11.5. The van der Waals surface area contributed by atoms with Gasteiger partial charge in [0.25, 0.3) is 0 Å². The van der Waals surface area contributed by atoms with Gasteiger partial charge in [-0.1, -0.05) is 83.3 Å². The predicted octanol–water partition coefficient (Wildman–Crippen LogP) is 6.57. The van der Waals surface area contributed by atoms with Crippen molar-refractivity contribution in [1.82, 2.24) is 0 Å². The van der Waals surface area contributed by atoms with Crippen LogP contribution in [0.5, 0.6) is 0 Å². The molecule has 0 aliphatic heterocycles. The van der Waals surface area contributed by atoms with Crippen molar-refractivity contribution in [2.75, 3.05) is 7.11 Å². The lowest BCUT2D eigenvalue weighted by atomic mass is 9.77. The average Bonchev–Trinajstić information content (AvgIpc) is 2.67. The molecule has 0 bridgehead atoms. The number of carbonyl (C=O) groups excluding carboxylic acids is 1. The van der Waals surface area contributed by atoms with Gasteiger partial charge in [-0.2, -0.15) is 0 Å². The number of carbonyl (C=O) groups is 1. The molecule has 0 radical (unpaired) electrons. The molecule has 0 saturated heterocycles. The number of esters is 1. The summed E-state index contributed by atoms with van der Waals surface area (Å²) in [6, 6.07) is 7.93. The summed E-state index contributed by atoms with van der Waals surface area (Å²) in [5, 5.41) is 0. The fourth-order valence-electron chi connectivity index (χ4n) is 4.14.